The van der Waals surface area contributed by atoms with E-state index in [2.05, 4.69) is 11.4 Å². The third-order valence-electron chi connectivity index (χ3n) is 2.38. The largest absolute Gasteiger partial charge is 0.595 e. The number of benzene rings is 1. The number of aryl methyl sites for hydroxylation is 1. The van der Waals surface area contributed by atoms with Gasteiger partial charge in [0.1, 0.15) is 16.8 Å². The highest BCUT2D eigenvalue weighted by Gasteiger charge is 2.12. The van der Waals surface area contributed by atoms with Crippen LogP contribution in [-0.4, -0.2) is 5.21 Å². The van der Waals surface area contributed by atoms with E-state index in [1.807, 2.05) is 6.92 Å². The van der Waals surface area contributed by atoms with Gasteiger partial charge in [0.05, 0.1) is 5.56 Å². The number of anilines is 2. The smallest absolute Gasteiger partial charge is 0.187 e. The Morgan fingerprint density at radius 1 is 1.44 bits per heavy atom. The van der Waals surface area contributed by atoms with Gasteiger partial charge in [0, 0.05) is 10.9 Å². The molecule has 0 radical (unpaired) electrons. The van der Waals surface area contributed by atoms with Crippen molar-refractivity contribution < 1.29 is 10.4 Å². The molecule has 0 aliphatic heterocycles. The molecule has 0 bridgehead atoms. The van der Waals surface area contributed by atoms with E-state index in [1.54, 1.807) is 24.3 Å². The Bertz CT molecular complexity index is 602. The second kappa shape index (κ2) is 5.16. The maximum atomic E-state index is 11.1. The number of para-hydroxylation sites is 2. The van der Waals surface area contributed by atoms with Gasteiger partial charge in [-0.2, -0.15) is 10.5 Å². The van der Waals surface area contributed by atoms with Gasteiger partial charge in [-0.25, -0.2) is 5.21 Å². The van der Waals surface area contributed by atoms with Gasteiger partial charge in [0.15, 0.2) is 5.69 Å². The maximum Gasteiger partial charge on any atom is 0.187 e. The standard InChI is InChI=1S/C12H11N3O2S/c1-8-6-9(7-13)12(18-8)14-10-4-2-3-5-11(10)15(16)17/h2-6,14-16H,1H3. The van der Waals surface area contributed by atoms with E-state index in [0.717, 1.165) is 4.88 Å². The van der Waals surface area contributed by atoms with Gasteiger partial charge in [-0.3, -0.25) is 0 Å². The summed E-state index contributed by atoms with van der Waals surface area (Å²) in [6, 6.07) is 10.5. The van der Waals surface area contributed by atoms with Crippen LogP contribution in [-0.2, 0) is 0 Å². The number of nitrogens with zero attached hydrogens (tertiary/aromatic N) is 1. The van der Waals surface area contributed by atoms with Gasteiger partial charge in [-0.1, -0.05) is 12.1 Å². The van der Waals surface area contributed by atoms with E-state index in [0.29, 0.717) is 16.3 Å². The fraction of sp³-hybridized carbons (Fsp3) is 0.0833. The molecule has 0 amide bonds. The minimum absolute atomic E-state index is 0.187. The lowest BCUT2D eigenvalue weighted by Gasteiger charge is -2.15. The van der Waals surface area contributed by atoms with Crippen LogP contribution in [0.4, 0.5) is 16.4 Å². The van der Waals surface area contributed by atoms with Crippen LogP contribution in [0.2, 0.25) is 0 Å². The zero-order valence-electron chi connectivity index (χ0n) is 9.60. The minimum atomic E-state index is -0.995. The molecule has 2 rings (SSSR count). The number of hydrogen-bond acceptors (Lipinski definition) is 5. The van der Waals surface area contributed by atoms with E-state index in [4.69, 9.17) is 10.5 Å². The fourth-order valence-corrected chi connectivity index (χ4v) is 2.47. The Balaban J connectivity index is 2.37. The van der Waals surface area contributed by atoms with Crippen LogP contribution in [0.15, 0.2) is 30.3 Å². The zero-order chi connectivity index (χ0) is 13.1. The Kier molecular flexibility index (Phi) is 3.60. The van der Waals surface area contributed by atoms with Crippen molar-refractivity contribution in [1.82, 2.24) is 0 Å². The van der Waals surface area contributed by atoms with Gasteiger partial charge < -0.3 is 10.5 Å². The lowest BCUT2D eigenvalue weighted by molar-refractivity contribution is -0.990. The van der Waals surface area contributed by atoms with Crippen molar-refractivity contribution >= 4 is 27.7 Å². The van der Waals surface area contributed by atoms with Crippen LogP contribution in [0, 0.1) is 23.5 Å². The summed E-state index contributed by atoms with van der Waals surface area (Å²) in [5.74, 6) is 0. The highest BCUT2D eigenvalue weighted by Crippen LogP contribution is 2.31. The van der Waals surface area contributed by atoms with Crippen LogP contribution in [0.1, 0.15) is 10.4 Å². The predicted octanol–water partition coefficient (Wildman–Crippen LogP) is 2.08. The molecule has 1 aromatic heterocycles. The molecule has 1 heterocycles. The Morgan fingerprint density at radius 2 is 2.17 bits per heavy atom. The highest BCUT2D eigenvalue weighted by molar-refractivity contribution is 7.16. The molecular weight excluding hydrogens is 250 g/mol. The van der Waals surface area contributed by atoms with E-state index in [9.17, 15) is 5.21 Å². The molecule has 5 nitrogen and oxygen atoms in total. The van der Waals surface area contributed by atoms with E-state index < -0.39 is 5.23 Å². The molecule has 1 atom stereocenters. The number of hydrogen-bond donors (Lipinski definition) is 3. The average Bonchev–Trinajstić information content (AvgIpc) is 2.70. The summed E-state index contributed by atoms with van der Waals surface area (Å²) in [5, 5.41) is 31.8. The first-order chi connectivity index (χ1) is 8.61. The lowest BCUT2D eigenvalue weighted by atomic mass is 10.2. The van der Waals surface area contributed by atoms with Gasteiger partial charge in [-0.15, -0.1) is 11.3 Å². The second-order valence-electron chi connectivity index (χ2n) is 3.69. The molecule has 0 fully saturated rings. The van der Waals surface area contributed by atoms with Gasteiger partial charge in [0.25, 0.3) is 0 Å². The molecular formula is C12H11N3O2S. The summed E-state index contributed by atoms with van der Waals surface area (Å²) in [6.07, 6.45) is 0. The fourth-order valence-electron chi connectivity index (χ4n) is 1.59. The normalized spacial score (nSPS) is 11.9. The molecule has 0 aliphatic rings. The minimum Gasteiger partial charge on any atom is -0.595 e. The molecule has 0 saturated carbocycles. The summed E-state index contributed by atoms with van der Waals surface area (Å²) in [5.41, 5.74) is 1.20. The number of nitrogens with one attached hydrogen (secondary N) is 2. The van der Waals surface area contributed by atoms with Gasteiger partial charge in [-0.05, 0) is 19.1 Å². The monoisotopic (exact) mass is 261 g/mol. The average molecular weight is 261 g/mol. The third kappa shape index (κ3) is 2.50. The highest BCUT2D eigenvalue weighted by atomic mass is 32.1. The molecule has 18 heavy (non-hydrogen) atoms. The number of thiophene rings is 1. The molecule has 1 aromatic carbocycles. The van der Waals surface area contributed by atoms with Crippen molar-refractivity contribution in [2.45, 2.75) is 6.92 Å². The van der Waals surface area contributed by atoms with Crippen LogP contribution in [0.25, 0.3) is 0 Å². The number of nitriles is 1. The molecule has 92 valence electrons. The van der Waals surface area contributed by atoms with Crippen molar-refractivity contribution in [2.75, 3.05) is 5.32 Å². The molecule has 0 spiro atoms. The van der Waals surface area contributed by atoms with Crippen molar-refractivity contribution in [1.29, 1.82) is 5.26 Å². The van der Waals surface area contributed by atoms with Crippen molar-refractivity contribution in [2.24, 2.45) is 0 Å². The quantitative estimate of drug-likeness (QED) is 0.739. The van der Waals surface area contributed by atoms with E-state index in [-0.39, 0.29) is 5.69 Å². The van der Waals surface area contributed by atoms with Crippen molar-refractivity contribution in [3.05, 3.63) is 46.0 Å². The Hall–Kier alpha value is -1.91. The summed E-state index contributed by atoms with van der Waals surface area (Å²) in [7, 11) is 0. The predicted molar refractivity (Wildman–Crippen MR) is 69.3 cm³/mol. The zero-order valence-corrected chi connectivity index (χ0v) is 10.4. The molecule has 2 aromatic rings. The summed E-state index contributed by atoms with van der Waals surface area (Å²) in [4.78, 5) is 1.00. The van der Waals surface area contributed by atoms with Gasteiger partial charge >= 0.3 is 0 Å². The first-order valence-electron chi connectivity index (χ1n) is 5.21. The first-order valence-corrected chi connectivity index (χ1v) is 6.03. The second-order valence-corrected chi connectivity index (χ2v) is 4.94. The molecule has 0 aliphatic carbocycles. The number of quaternary nitrogens is 1. The van der Waals surface area contributed by atoms with E-state index in [1.165, 1.54) is 17.4 Å². The van der Waals surface area contributed by atoms with Gasteiger partial charge in [0.2, 0.25) is 0 Å². The first kappa shape index (κ1) is 12.5. The molecule has 0 saturated heterocycles. The van der Waals surface area contributed by atoms with Crippen molar-refractivity contribution in [3.8, 4) is 6.07 Å². The van der Waals surface area contributed by atoms with Crippen molar-refractivity contribution in [3.63, 3.8) is 0 Å². The van der Waals surface area contributed by atoms with Crippen LogP contribution in [0.5, 0.6) is 0 Å². The van der Waals surface area contributed by atoms with Crippen LogP contribution >= 0.6 is 11.3 Å². The Labute approximate surface area is 108 Å². The molecule has 1 unspecified atom stereocenters. The molecule has 6 heteroatoms. The lowest BCUT2D eigenvalue weighted by Crippen LogP contribution is -2.99. The van der Waals surface area contributed by atoms with Crippen LogP contribution < -0.4 is 10.5 Å². The SMILES string of the molecule is Cc1cc(C#N)c(Nc2ccccc2[NH+]([O-])O)s1. The summed E-state index contributed by atoms with van der Waals surface area (Å²) in [6.45, 7) is 1.90. The summed E-state index contributed by atoms with van der Waals surface area (Å²) < 4.78 is 0. The molecule has 3 N–H and O–H groups in total. The topological polar surface area (TPSA) is 83.5 Å². The van der Waals surface area contributed by atoms with Crippen LogP contribution in [0.3, 0.4) is 0 Å². The van der Waals surface area contributed by atoms with E-state index >= 15 is 0 Å². The summed E-state index contributed by atoms with van der Waals surface area (Å²) >= 11 is 1.43. The third-order valence-corrected chi connectivity index (χ3v) is 3.35. The maximum absolute atomic E-state index is 11.1. The number of rotatable bonds is 3. The Morgan fingerprint density at radius 3 is 2.83 bits per heavy atom.